The summed E-state index contributed by atoms with van der Waals surface area (Å²) in [6.45, 7) is 0. The third kappa shape index (κ3) is 1.18. The molecule has 0 heterocycles. The number of hydrogen-bond donors (Lipinski definition) is 2. The van der Waals surface area contributed by atoms with Crippen molar-refractivity contribution in [1.82, 2.24) is 0 Å². The van der Waals surface area contributed by atoms with E-state index in [1.54, 1.807) is 0 Å². The molecule has 2 rings (SSSR count). The lowest BCUT2D eigenvalue weighted by atomic mass is 9.79. The van der Waals surface area contributed by atoms with Gasteiger partial charge in [0.2, 0.25) is 0 Å². The minimum absolute atomic E-state index is 0.413. The van der Waals surface area contributed by atoms with E-state index >= 15 is 0 Å². The summed E-state index contributed by atoms with van der Waals surface area (Å²) in [4.78, 5) is 0. The third-order valence-electron chi connectivity index (χ3n) is 3.47. The topological polar surface area (TPSA) is 46.2 Å². The van der Waals surface area contributed by atoms with Crippen molar-refractivity contribution in [3.63, 3.8) is 0 Å². The largest absolute Gasteiger partial charge is 0.376 e. The van der Waals surface area contributed by atoms with Crippen molar-refractivity contribution in [1.29, 1.82) is 0 Å². The Morgan fingerprint density at radius 2 is 1.91 bits per heavy atom. The van der Waals surface area contributed by atoms with Gasteiger partial charge in [0, 0.05) is 5.92 Å². The van der Waals surface area contributed by atoms with E-state index in [0.29, 0.717) is 5.92 Å². The maximum Gasteiger partial charge on any atom is 0.116 e. The summed E-state index contributed by atoms with van der Waals surface area (Å²) in [7, 11) is 0. The zero-order valence-corrected chi connectivity index (χ0v) is 6.92. The second-order valence-electron chi connectivity index (χ2n) is 4.18. The van der Waals surface area contributed by atoms with Gasteiger partial charge in [0.15, 0.2) is 0 Å². The Balaban J connectivity index is 2.10. The van der Waals surface area contributed by atoms with Crippen LogP contribution in [0.25, 0.3) is 0 Å². The molecule has 2 fully saturated rings. The number of nitrogens with two attached hydrogens (primary N) is 1. The predicted octanol–water partition coefficient (Wildman–Crippen LogP) is 1.23. The van der Waals surface area contributed by atoms with Crippen molar-refractivity contribution >= 4 is 0 Å². The molecule has 0 aromatic rings. The van der Waals surface area contributed by atoms with Crippen molar-refractivity contribution in [2.45, 2.75) is 44.2 Å². The van der Waals surface area contributed by atoms with Crippen LogP contribution >= 0.6 is 0 Å². The molecule has 3 unspecified atom stereocenters. The van der Waals surface area contributed by atoms with E-state index < -0.39 is 5.72 Å². The standard InChI is InChI=1S/C9H17NO/c10-9(11)6-5-7-3-1-2-4-8(7)9/h7-8,11H,1-6,10H2. The first-order chi connectivity index (χ1) is 5.20. The lowest BCUT2D eigenvalue weighted by Gasteiger charge is -2.32. The molecule has 64 valence electrons. The highest BCUT2D eigenvalue weighted by Crippen LogP contribution is 2.45. The molecule has 2 aliphatic rings. The van der Waals surface area contributed by atoms with E-state index in [-0.39, 0.29) is 0 Å². The van der Waals surface area contributed by atoms with E-state index in [2.05, 4.69) is 0 Å². The second kappa shape index (κ2) is 2.46. The van der Waals surface area contributed by atoms with E-state index in [0.717, 1.165) is 25.2 Å². The molecule has 0 aromatic heterocycles. The molecule has 0 radical (unpaired) electrons. The Morgan fingerprint density at radius 3 is 2.64 bits per heavy atom. The fourth-order valence-electron chi connectivity index (χ4n) is 2.81. The number of aliphatic hydroxyl groups is 1. The predicted molar refractivity (Wildman–Crippen MR) is 43.8 cm³/mol. The Morgan fingerprint density at radius 1 is 1.18 bits per heavy atom. The van der Waals surface area contributed by atoms with Crippen LogP contribution in [-0.2, 0) is 0 Å². The van der Waals surface area contributed by atoms with Crippen LogP contribution in [0.5, 0.6) is 0 Å². The molecule has 2 heteroatoms. The molecule has 0 bridgehead atoms. The molecule has 2 aliphatic carbocycles. The van der Waals surface area contributed by atoms with Gasteiger partial charge in [-0.25, -0.2) is 0 Å². The summed E-state index contributed by atoms with van der Waals surface area (Å²) in [5.74, 6) is 1.15. The zero-order chi connectivity index (χ0) is 7.90. The van der Waals surface area contributed by atoms with E-state index in [1.165, 1.54) is 19.3 Å². The van der Waals surface area contributed by atoms with Crippen molar-refractivity contribution in [3.05, 3.63) is 0 Å². The summed E-state index contributed by atoms with van der Waals surface area (Å²) in [5.41, 5.74) is 4.97. The quantitative estimate of drug-likeness (QED) is 0.517. The van der Waals surface area contributed by atoms with Crippen molar-refractivity contribution in [2.75, 3.05) is 0 Å². The van der Waals surface area contributed by atoms with Crippen LogP contribution in [0.2, 0.25) is 0 Å². The van der Waals surface area contributed by atoms with Crippen molar-refractivity contribution in [2.24, 2.45) is 17.6 Å². The fraction of sp³-hybridized carbons (Fsp3) is 1.00. The lowest BCUT2D eigenvalue weighted by Crippen LogP contribution is -2.45. The Kier molecular flexibility index (Phi) is 1.69. The average molecular weight is 155 g/mol. The van der Waals surface area contributed by atoms with E-state index in [4.69, 9.17) is 5.73 Å². The maximum absolute atomic E-state index is 9.77. The van der Waals surface area contributed by atoms with Gasteiger partial charge in [0.25, 0.3) is 0 Å². The molecular weight excluding hydrogens is 138 g/mol. The normalized spacial score (nSPS) is 50.7. The van der Waals surface area contributed by atoms with Crippen LogP contribution in [0, 0.1) is 11.8 Å². The van der Waals surface area contributed by atoms with Gasteiger partial charge in [-0.15, -0.1) is 0 Å². The Labute approximate surface area is 67.8 Å². The van der Waals surface area contributed by atoms with Crippen LogP contribution in [0.15, 0.2) is 0 Å². The van der Waals surface area contributed by atoms with Crippen LogP contribution < -0.4 is 5.73 Å². The van der Waals surface area contributed by atoms with Gasteiger partial charge < -0.3 is 10.8 Å². The van der Waals surface area contributed by atoms with Gasteiger partial charge in [-0.2, -0.15) is 0 Å². The van der Waals surface area contributed by atoms with Gasteiger partial charge in [-0.1, -0.05) is 19.3 Å². The molecular formula is C9H17NO. The Hall–Kier alpha value is -0.0800. The highest BCUT2D eigenvalue weighted by atomic mass is 16.3. The lowest BCUT2D eigenvalue weighted by molar-refractivity contribution is -0.0133. The first kappa shape index (κ1) is 7.56. The first-order valence-corrected chi connectivity index (χ1v) is 4.71. The van der Waals surface area contributed by atoms with Gasteiger partial charge in [0.1, 0.15) is 5.72 Å². The number of rotatable bonds is 0. The molecule has 3 atom stereocenters. The zero-order valence-electron chi connectivity index (χ0n) is 6.92. The molecule has 0 aliphatic heterocycles. The number of hydrogen-bond acceptors (Lipinski definition) is 2. The molecule has 2 nitrogen and oxygen atoms in total. The SMILES string of the molecule is NC1(O)CCC2CCCCC21. The van der Waals surface area contributed by atoms with Gasteiger partial charge in [-0.05, 0) is 25.2 Å². The molecule has 0 amide bonds. The van der Waals surface area contributed by atoms with E-state index in [9.17, 15) is 5.11 Å². The van der Waals surface area contributed by atoms with Crippen LogP contribution in [0.4, 0.5) is 0 Å². The summed E-state index contributed by atoms with van der Waals surface area (Å²) in [5, 5.41) is 9.77. The molecule has 0 aromatic carbocycles. The number of fused-ring (bicyclic) bond motifs is 1. The van der Waals surface area contributed by atoms with Crippen molar-refractivity contribution in [3.8, 4) is 0 Å². The Bertz CT molecular complexity index is 156. The van der Waals surface area contributed by atoms with Crippen LogP contribution in [0.3, 0.4) is 0 Å². The summed E-state index contributed by atoms with van der Waals surface area (Å²) in [6.07, 6.45) is 7.03. The highest BCUT2D eigenvalue weighted by molar-refractivity contribution is 4.94. The summed E-state index contributed by atoms with van der Waals surface area (Å²) < 4.78 is 0. The molecule has 11 heavy (non-hydrogen) atoms. The van der Waals surface area contributed by atoms with Gasteiger partial charge in [0.05, 0.1) is 0 Å². The van der Waals surface area contributed by atoms with Crippen molar-refractivity contribution < 1.29 is 5.11 Å². The maximum atomic E-state index is 9.77. The average Bonchev–Trinajstić information content (AvgIpc) is 2.29. The third-order valence-corrected chi connectivity index (χ3v) is 3.47. The minimum Gasteiger partial charge on any atom is -0.376 e. The van der Waals surface area contributed by atoms with Crippen LogP contribution in [0.1, 0.15) is 38.5 Å². The van der Waals surface area contributed by atoms with Gasteiger partial charge in [-0.3, -0.25) is 0 Å². The summed E-state index contributed by atoms with van der Waals surface area (Å²) >= 11 is 0. The smallest absolute Gasteiger partial charge is 0.116 e. The first-order valence-electron chi connectivity index (χ1n) is 4.71. The molecule has 0 spiro atoms. The van der Waals surface area contributed by atoms with E-state index in [1.807, 2.05) is 0 Å². The molecule has 2 saturated carbocycles. The second-order valence-corrected chi connectivity index (χ2v) is 4.18. The highest BCUT2D eigenvalue weighted by Gasteiger charge is 2.44. The van der Waals surface area contributed by atoms with Gasteiger partial charge >= 0.3 is 0 Å². The molecule has 0 saturated heterocycles. The minimum atomic E-state index is -0.814. The molecule has 3 N–H and O–H groups in total. The van der Waals surface area contributed by atoms with Crippen LogP contribution in [-0.4, -0.2) is 10.8 Å². The fourth-order valence-corrected chi connectivity index (χ4v) is 2.81. The summed E-state index contributed by atoms with van der Waals surface area (Å²) in [6, 6.07) is 0. The monoisotopic (exact) mass is 155 g/mol.